The zero-order chi connectivity index (χ0) is 12.8. The Labute approximate surface area is 122 Å². The van der Waals surface area contributed by atoms with Crippen molar-refractivity contribution in [3.05, 3.63) is 35.5 Å². The summed E-state index contributed by atoms with van der Waals surface area (Å²) < 4.78 is 0. The van der Waals surface area contributed by atoms with Gasteiger partial charge in [0.15, 0.2) is 0 Å². The van der Waals surface area contributed by atoms with Crippen LogP contribution in [0.4, 0.5) is 0 Å². The van der Waals surface area contributed by atoms with E-state index in [9.17, 15) is 0 Å². The minimum atomic E-state index is 0.977. The molecule has 0 saturated heterocycles. The summed E-state index contributed by atoms with van der Waals surface area (Å²) in [4.78, 5) is 0. The van der Waals surface area contributed by atoms with E-state index >= 15 is 0 Å². The van der Waals surface area contributed by atoms with Crippen LogP contribution in [0.15, 0.2) is 35.5 Å². The van der Waals surface area contributed by atoms with Crippen LogP contribution in [0.25, 0.3) is 0 Å². The third-order valence-electron chi connectivity index (χ3n) is 8.06. The van der Waals surface area contributed by atoms with Gasteiger partial charge in [0, 0.05) is 0 Å². The second kappa shape index (κ2) is 3.51. The number of rotatable bonds is 0. The quantitative estimate of drug-likeness (QED) is 0.554. The molecule has 0 bridgehead atoms. The van der Waals surface area contributed by atoms with Gasteiger partial charge in [0.2, 0.25) is 0 Å². The van der Waals surface area contributed by atoms with Crippen molar-refractivity contribution in [2.45, 2.75) is 38.5 Å². The van der Waals surface area contributed by atoms with Gasteiger partial charge in [-0.15, -0.1) is 0 Å². The Morgan fingerprint density at radius 1 is 1.00 bits per heavy atom. The Bertz CT molecular complexity index is 563. The standard InChI is InChI=1S/C20H24/c1-4-11-10-17-13-6-3-8-15(13)19(17)20-16-9-2-5-12(16)14(7-1)18(11)20/h2-3,5-6,11-12,14,16-20H,1,4,7-10H2. The monoisotopic (exact) mass is 264 g/mol. The molecule has 3 saturated carbocycles. The fourth-order valence-electron chi connectivity index (χ4n) is 7.70. The first-order valence-electron chi connectivity index (χ1n) is 8.99. The van der Waals surface area contributed by atoms with E-state index in [0.717, 1.165) is 47.3 Å². The largest absolute Gasteiger partial charge is 0.0879 e. The summed E-state index contributed by atoms with van der Waals surface area (Å²) >= 11 is 0. The Morgan fingerprint density at radius 3 is 3.00 bits per heavy atom. The predicted octanol–water partition coefficient (Wildman–Crippen LogP) is 4.75. The third kappa shape index (κ3) is 1.07. The molecule has 104 valence electrons. The normalized spacial score (nSPS) is 57.2. The first-order chi connectivity index (χ1) is 9.93. The van der Waals surface area contributed by atoms with E-state index in [1.807, 2.05) is 5.57 Å². The van der Waals surface area contributed by atoms with Crippen LogP contribution in [0.2, 0.25) is 0 Å². The Morgan fingerprint density at radius 2 is 2.00 bits per heavy atom. The van der Waals surface area contributed by atoms with Gasteiger partial charge in [-0.1, -0.05) is 42.7 Å². The third-order valence-corrected chi connectivity index (χ3v) is 8.06. The van der Waals surface area contributed by atoms with Gasteiger partial charge in [0.25, 0.3) is 0 Å². The summed E-state index contributed by atoms with van der Waals surface area (Å²) in [5, 5.41) is 0. The molecule has 0 aromatic rings. The number of fused-ring (bicyclic) bond motifs is 7. The number of hydrogen-bond acceptors (Lipinski definition) is 0. The van der Waals surface area contributed by atoms with Gasteiger partial charge in [-0.25, -0.2) is 0 Å². The topological polar surface area (TPSA) is 0 Å². The van der Waals surface area contributed by atoms with Gasteiger partial charge in [-0.05, 0) is 78.6 Å². The van der Waals surface area contributed by atoms with Crippen LogP contribution >= 0.6 is 0 Å². The van der Waals surface area contributed by atoms with Gasteiger partial charge >= 0.3 is 0 Å². The van der Waals surface area contributed by atoms with Crippen molar-refractivity contribution >= 4 is 0 Å². The molecule has 8 unspecified atom stereocenters. The first kappa shape index (κ1) is 10.9. The van der Waals surface area contributed by atoms with Crippen molar-refractivity contribution < 1.29 is 0 Å². The summed E-state index contributed by atoms with van der Waals surface area (Å²) in [6.45, 7) is 0. The maximum Gasteiger partial charge on any atom is -0.00907 e. The zero-order valence-electron chi connectivity index (χ0n) is 12.2. The molecule has 0 N–H and O–H groups in total. The molecule has 0 heteroatoms. The molecule has 0 radical (unpaired) electrons. The van der Waals surface area contributed by atoms with Crippen molar-refractivity contribution in [1.29, 1.82) is 0 Å². The Hall–Kier alpha value is -0.780. The second-order valence-electron chi connectivity index (χ2n) is 8.37. The summed E-state index contributed by atoms with van der Waals surface area (Å²) in [6, 6.07) is 0. The molecular weight excluding hydrogens is 240 g/mol. The van der Waals surface area contributed by atoms with E-state index < -0.39 is 0 Å². The van der Waals surface area contributed by atoms with Gasteiger partial charge in [0.1, 0.15) is 0 Å². The van der Waals surface area contributed by atoms with Crippen molar-refractivity contribution in [2.24, 2.45) is 47.3 Å². The first-order valence-corrected chi connectivity index (χ1v) is 8.99. The highest BCUT2D eigenvalue weighted by molar-refractivity contribution is 5.48. The fraction of sp³-hybridized carbons (Fsp3) is 0.700. The maximum absolute atomic E-state index is 2.63. The van der Waals surface area contributed by atoms with E-state index in [1.165, 1.54) is 19.3 Å². The molecule has 6 aliphatic carbocycles. The summed E-state index contributed by atoms with van der Waals surface area (Å²) in [5.74, 6) is 8.34. The molecule has 20 heavy (non-hydrogen) atoms. The van der Waals surface area contributed by atoms with Crippen LogP contribution in [0.1, 0.15) is 38.5 Å². The number of allylic oxidation sites excluding steroid dienone is 6. The minimum absolute atomic E-state index is 0.977. The van der Waals surface area contributed by atoms with Gasteiger partial charge in [-0.2, -0.15) is 0 Å². The smallest absolute Gasteiger partial charge is 0.00907 e. The molecule has 0 spiro atoms. The van der Waals surface area contributed by atoms with E-state index in [1.54, 1.807) is 24.8 Å². The summed E-state index contributed by atoms with van der Waals surface area (Å²) in [5.41, 5.74) is 3.68. The van der Waals surface area contributed by atoms with Crippen LogP contribution < -0.4 is 0 Å². The SMILES string of the molecule is C1=CC2=C(C1)C1C2CC2CCCC3C4C=CCC4C1C23. The predicted molar refractivity (Wildman–Crippen MR) is 80.9 cm³/mol. The highest BCUT2D eigenvalue weighted by atomic mass is 14.7. The van der Waals surface area contributed by atoms with Gasteiger partial charge in [-0.3, -0.25) is 0 Å². The molecular formula is C20H24. The minimum Gasteiger partial charge on any atom is -0.0879 e. The molecule has 3 fully saturated rings. The molecule has 0 aliphatic heterocycles. The lowest BCUT2D eigenvalue weighted by molar-refractivity contribution is 0.0109. The molecule has 6 rings (SSSR count). The summed E-state index contributed by atoms with van der Waals surface area (Å²) in [6.07, 6.45) is 19.0. The van der Waals surface area contributed by atoms with Crippen molar-refractivity contribution in [3.63, 3.8) is 0 Å². The highest BCUT2D eigenvalue weighted by Crippen LogP contribution is 2.70. The van der Waals surface area contributed by atoms with E-state index in [-0.39, 0.29) is 0 Å². The zero-order valence-corrected chi connectivity index (χ0v) is 12.2. The molecule has 6 aliphatic rings. The lowest BCUT2D eigenvalue weighted by Crippen LogP contribution is -2.48. The Balaban J connectivity index is 1.48. The number of hydrogen-bond donors (Lipinski definition) is 0. The summed E-state index contributed by atoms with van der Waals surface area (Å²) in [7, 11) is 0. The van der Waals surface area contributed by atoms with Crippen molar-refractivity contribution in [3.8, 4) is 0 Å². The van der Waals surface area contributed by atoms with E-state index in [0.29, 0.717) is 0 Å². The van der Waals surface area contributed by atoms with Gasteiger partial charge in [0.05, 0.1) is 0 Å². The van der Waals surface area contributed by atoms with Crippen LogP contribution in [0.5, 0.6) is 0 Å². The molecule has 0 amide bonds. The van der Waals surface area contributed by atoms with Crippen LogP contribution in [0, 0.1) is 47.3 Å². The van der Waals surface area contributed by atoms with E-state index in [2.05, 4.69) is 24.3 Å². The lowest BCUT2D eigenvalue weighted by atomic mass is 9.49. The average Bonchev–Trinajstić information content (AvgIpc) is 3.14. The van der Waals surface area contributed by atoms with Gasteiger partial charge < -0.3 is 0 Å². The molecule has 0 aromatic heterocycles. The fourth-order valence-corrected chi connectivity index (χ4v) is 7.70. The van der Waals surface area contributed by atoms with Crippen molar-refractivity contribution in [2.75, 3.05) is 0 Å². The molecule has 0 nitrogen and oxygen atoms in total. The molecule has 0 heterocycles. The lowest BCUT2D eigenvalue weighted by Gasteiger charge is -2.55. The van der Waals surface area contributed by atoms with Crippen molar-refractivity contribution in [1.82, 2.24) is 0 Å². The Kier molecular flexibility index (Phi) is 1.91. The average molecular weight is 264 g/mol. The van der Waals surface area contributed by atoms with Crippen LogP contribution in [-0.4, -0.2) is 0 Å². The molecule has 8 atom stereocenters. The highest BCUT2D eigenvalue weighted by Gasteiger charge is 2.62. The second-order valence-corrected chi connectivity index (χ2v) is 8.37. The van der Waals surface area contributed by atoms with Crippen LogP contribution in [0.3, 0.4) is 0 Å². The maximum atomic E-state index is 2.63. The van der Waals surface area contributed by atoms with E-state index in [4.69, 9.17) is 0 Å². The van der Waals surface area contributed by atoms with Crippen LogP contribution in [-0.2, 0) is 0 Å². The molecule has 0 aromatic carbocycles.